The number of pyridine rings is 1. The van der Waals surface area contributed by atoms with Crippen LogP contribution in [0.3, 0.4) is 0 Å². The molecule has 7 heteroatoms. The second-order valence-corrected chi connectivity index (χ2v) is 6.65. The minimum absolute atomic E-state index is 0.138. The van der Waals surface area contributed by atoms with Crippen molar-refractivity contribution < 1.29 is 14.1 Å². The van der Waals surface area contributed by atoms with Gasteiger partial charge in [-0.3, -0.25) is 9.19 Å². The minimum atomic E-state index is -1.37. The maximum atomic E-state index is 12.6. The third kappa shape index (κ3) is 2.92. The lowest BCUT2D eigenvalue weighted by Gasteiger charge is -2.11. The van der Waals surface area contributed by atoms with Gasteiger partial charge in [0.1, 0.15) is 11.5 Å². The number of aromatic hydroxyl groups is 1. The highest BCUT2D eigenvalue weighted by molar-refractivity contribution is 7.84. The molecule has 0 spiro atoms. The molecule has 0 fully saturated rings. The summed E-state index contributed by atoms with van der Waals surface area (Å²) in [6.07, 6.45) is 1.72. The number of fused-ring (bicyclic) bond motifs is 1. The number of nitrogens with zero attached hydrogens (tertiary/aromatic N) is 2. The Bertz CT molecular complexity index is 905. The Kier molecular flexibility index (Phi) is 4.04. The molecule has 2 heterocycles. The molecule has 0 amide bonds. The van der Waals surface area contributed by atoms with Gasteiger partial charge in [0.05, 0.1) is 40.4 Å². The van der Waals surface area contributed by atoms with Crippen LogP contribution in [0, 0.1) is 13.8 Å². The van der Waals surface area contributed by atoms with Crippen LogP contribution in [-0.4, -0.2) is 31.4 Å². The number of rotatable bonds is 4. The van der Waals surface area contributed by atoms with E-state index in [0.717, 1.165) is 16.9 Å². The van der Waals surface area contributed by atoms with E-state index in [9.17, 15) is 9.32 Å². The van der Waals surface area contributed by atoms with Crippen molar-refractivity contribution in [3.8, 4) is 11.5 Å². The largest absolute Gasteiger partial charge is 0.508 e. The molecule has 0 bridgehead atoms. The van der Waals surface area contributed by atoms with E-state index in [1.54, 1.807) is 31.5 Å². The molecule has 3 aromatic rings. The topological polar surface area (TPSA) is 88.1 Å². The highest BCUT2D eigenvalue weighted by Crippen LogP contribution is 2.26. The highest BCUT2D eigenvalue weighted by Gasteiger charge is 2.16. The maximum Gasteiger partial charge on any atom is 0.197 e. The van der Waals surface area contributed by atoms with Crippen LogP contribution in [-0.2, 0) is 16.6 Å². The number of hydrogen-bond donors (Lipinski definition) is 2. The Balaban J connectivity index is 1.91. The number of aromatic nitrogens is 3. The van der Waals surface area contributed by atoms with Crippen molar-refractivity contribution in [1.82, 2.24) is 15.0 Å². The Hall–Kier alpha value is -2.41. The Labute approximate surface area is 136 Å². The van der Waals surface area contributed by atoms with Gasteiger partial charge in [-0.25, -0.2) is 4.98 Å². The summed E-state index contributed by atoms with van der Waals surface area (Å²) in [5, 5.41) is 9.85. The minimum Gasteiger partial charge on any atom is -0.508 e. The summed E-state index contributed by atoms with van der Waals surface area (Å²) in [6.45, 7) is 3.83. The second-order valence-electron chi connectivity index (χ2n) is 5.28. The molecular weight excluding hydrogens is 314 g/mol. The molecule has 0 saturated carbocycles. The first-order chi connectivity index (χ1) is 11.0. The normalized spacial score (nSPS) is 12.5. The Morgan fingerprint density at radius 2 is 2.13 bits per heavy atom. The predicted molar refractivity (Wildman–Crippen MR) is 88.1 cm³/mol. The monoisotopic (exact) mass is 331 g/mol. The molecule has 0 radical (unpaired) electrons. The molecule has 0 aliphatic heterocycles. The van der Waals surface area contributed by atoms with Crippen LogP contribution in [0.15, 0.2) is 29.6 Å². The average molecular weight is 331 g/mol. The van der Waals surface area contributed by atoms with Crippen molar-refractivity contribution in [2.75, 3.05) is 7.11 Å². The number of ether oxygens (including phenoxy) is 1. The quantitative estimate of drug-likeness (QED) is 0.767. The molecule has 3 rings (SSSR count). The van der Waals surface area contributed by atoms with E-state index in [-0.39, 0.29) is 11.5 Å². The first-order valence-corrected chi connectivity index (χ1v) is 8.37. The Morgan fingerprint density at radius 1 is 1.35 bits per heavy atom. The van der Waals surface area contributed by atoms with Crippen molar-refractivity contribution in [3.63, 3.8) is 0 Å². The lowest BCUT2D eigenvalue weighted by Crippen LogP contribution is -2.05. The molecule has 6 nitrogen and oxygen atoms in total. The lowest BCUT2D eigenvalue weighted by molar-refractivity contribution is 0.407. The van der Waals surface area contributed by atoms with Crippen LogP contribution in [0.4, 0.5) is 0 Å². The smallest absolute Gasteiger partial charge is 0.197 e. The third-order valence-corrected chi connectivity index (χ3v) is 4.84. The van der Waals surface area contributed by atoms with Gasteiger partial charge in [0.2, 0.25) is 0 Å². The van der Waals surface area contributed by atoms with Gasteiger partial charge < -0.3 is 14.8 Å². The fraction of sp³-hybridized carbons (Fsp3) is 0.250. The van der Waals surface area contributed by atoms with E-state index in [2.05, 4.69) is 15.0 Å². The number of phenolic OH excluding ortho intramolecular Hbond substituents is 1. The highest BCUT2D eigenvalue weighted by atomic mass is 32.2. The standard InChI is InChI=1S/C16H17N3O3S/c1-9-7-17-14(10(2)15(9)22-3)8-23(21)16-18-12-5-4-11(20)6-13(12)19-16/h4-7,20H,8H2,1-3H3,(H,18,19)/t23-/m1/s1. The van der Waals surface area contributed by atoms with E-state index in [4.69, 9.17) is 4.74 Å². The zero-order chi connectivity index (χ0) is 16.6. The van der Waals surface area contributed by atoms with Crippen LogP contribution in [0.2, 0.25) is 0 Å². The van der Waals surface area contributed by atoms with Crippen LogP contribution in [0.5, 0.6) is 11.5 Å². The van der Waals surface area contributed by atoms with Gasteiger partial charge in [-0.05, 0) is 26.0 Å². The molecule has 0 unspecified atom stereocenters. The van der Waals surface area contributed by atoms with E-state index in [0.29, 0.717) is 21.9 Å². The number of H-pyrrole nitrogens is 1. The van der Waals surface area contributed by atoms with E-state index in [1.807, 2.05) is 13.8 Å². The van der Waals surface area contributed by atoms with E-state index in [1.165, 1.54) is 0 Å². The fourth-order valence-electron chi connectivity index (χ4n) is 2.49. The molecule has 0 aliphatic carbocycles. The lowest BCUT2D eigenvalue weighted by atomic mass is 10.1. The number of phenols is 1. The molecule has 23 heavy (non-hydrogen) atoms. The molecule has 1 atom stereocenters. The summed E-state index contributed by atoms with van der Waals surface area (Å²) < 4.78 is 18.0. The maximum absolute atomic E-state index is 12.6. The summed E-state index contributed by atoms with van der Waals surface area (Å²) in [5.74, 6) is 1.15. The summed E-state index contributed by atoms with van der Waals surface area (Å²) in [4.78, 5) is 11.7. The molecule has 1 aromatic carbocycles. The van der Waals surface area contributed by atoms with E-state index >= 15 is 0 Å². The number of benzene rings is 1. The summed E-state index contributed by atoms with van der Waals surface area (Å²) >= 11 is 0. The zero-order valence-electron chi connectivity index (χ0n) is 13.1. The van der Waals surface area contributed by atoms with Crippen LogP contribution in [0.25, 0.3) is 11.0 Å². The molecule has 2 aromatic heterocycles. The van der Waals surface area contributed by atoms with Gasteiger partial charge in [-0.1, -0.05) is 0 Å². The van der Waals surface area contributed by atoms with Gasteiger partial charge in [0.15, 0.2) is 5.16 Å². The van der Waals surface area contributed by atoms with Crippen molar-refractivity contribution in [2.24, 2.45) is 0 Å². The molecule has 0 saturated heterocycles. The predicted octanol–water partition coefficient (Wildman–Crippen LogP) is 2.60. The number of hydrogen-bond acceptors (Lipinski definition) is 5. The second kappa shape index (κ2) is 6.00. The van der Waals surface area contributed by atoms with Crippen LogP contribution in [0.1, 0.15) is 16.8 Å². The number of aryl methyl sites for hydroxylation is 1. The zero-order valence-corrected chi connectivity index (χ0v) is 13.9. The molecule has 2 N–H and O–H groups in total. The average Bonchev–Trinajstić information content (AvgIpc) is 2.93. The summed E-state index contributed by atoms with van der Waals surface area (Å²) in [6, 6.07) is 4.79. The first kappa shape index (κ1) is 15.5. The summed E-state index contributed by atoms with van der Waals surface area (Å²) in [5.41, 5.74) is 3.86. The number of aromatic amines is 1. The van der Waals surface area contributed by atoms with Crippen molar-refractivity contribution in [2.45, 2.75) is 24.8 Å². The third-order valence-electron chi connectivity index (χ3n) is 3.68. The van der Waals surface area contributed by atoms with Gasteiger partial charge in [0.25, 0.3) is 0 Å². The van der Waals surface area contributed by atoms with Crippen LogP contribution < -0.4 is 4.74 Å². The van der Waals surface area contributed by atoms with Crippen molar-refractivity contribution in [3.05, 3.63) is 41.2 Å². The number of imidazole rings is 1. The SMILES string of the molecule is COc1c(C)cnc(C[S@@](=O)c2nc3ccc(O)cc3[nH]2)c1C. The van der Waals surface area contributed by atoms with Crippen molar-refractivity contribution in [1.29, 1.82) is 0 Å². The first-order valence-electron chi connectivity index (χ1n) is 7.05. The van der Waals surface area contributed by atoms with Gasteiger partial charge in [-0.2, -0.15) is 0 Å². The number of nitrogens with one attached hydrogen (secondary N) is 1. The van der Waals surface area contributed by atoms with Gasteiger partial charge >= 0.3 is 0 Å². The fourth-order valence-corrected chi connectivity index (χ4v) is 3.59. The van der Waals surface area contributed by atoms with Gasteiger partial charge in [0, 0.05) is 23.4 Å². The van der Waals surface area contributed by atoms with Crippen molar-refractivity contribution >= 4 is 21.8 Å². The number of methoxy groups -OCH3 is 1. The Morgan fingerprint density at radius 3 is 2.87 bits per heavy atom. The molecule has 0 aliphatic rings. The van der Waals surface area contributed by atoms with Gasteiger partial charge in [-0.15, -0.1) is 0 Å². The van der Waals surface area contributed by atoms with E-state index < -0.39 is 10.8 Å². The molecular formula is C16H17N3O3S. The summed E-state index contributed by atoms with van der Waals surface area (Å²) in [7, 11) is 0.246. The van der Waals surface area contributed by atoms with Crippen LogP contribution >= 0.6 is 0 Å². The molecule has 120 valence electrons.